The number of rotatable bonds is 8. The summed E-state index contributed by atoms with van der Waals surface area (Å²) in [6.07, 6.45) is 4.77. The van der Waals surface area contributed by atoms with Crippen LogP contribution < -0.4 is 10.2 Å². The van der Waals surface area contributed by atoms with Crippen LogP contribution in [0.4, 0.5) is 10.2 Å². The van der Waals surface area contributed by atoms with Crippen LogP contribution in [-0.2, 0) is 6.54 Å². The fourth-order valence-electron chi connectivity index (χ4n) is 1.61. The van der Waals surface area contributed by atoms with E-state index in [4.69, 9.17) is 0 Å². The van der Waals surface area contributed by atoms with Crippen molar-refractivity contribution in [1.82, 2.24) is 10.3 Å². The normalized spacial score (nSPS) is 10.7. The number of aromatic nitrogens is 1. The van der Waals surface area contributed by atoms with E-state index in [1.54, 1.807) is 24.0 Å². The largest absolute Gasteiger partial charge is 0.356 e. The van der Waals surface area contributed by atoms with Crippen LogP contribution in [0.25, 0.3) is 0 Å². The van der Waals surface area contributed by atoms with Crippen molar-refractivity contribution in [3.05, 3.63) is 23.6 Å². The summed E-state index contributed by atoms with van der Waals surface area (Å²) in [6.45, 7) is 4.36. The minimum atomic E-state index is -0.204. The molecule has 5 heteroatoms. The maximum atomic E-state index is 14.2. The van der Waals surface area contributed by atoms with E-state index < -0.39 is 0 Å². The molecule has 0 aromatic carbocycles. The molecule has 0 atom stereocenters. The van der Waals surface area contributed by atoms with Gasteiger partial charge in [-0.3, -0.25) is 0 Å². The fraction of sp³-hybridized carbons (Fsp3) is 0.615. The van der Waals surface area contributed by atoms with E-state index in [0.717, 1.165) is 25.3 Å². The van der Waals surface area contributed by atoms with E-state index in [1.165, 1.54) is 0 Å². The van der Waals surface area contributed by atoms with Crippen LogP contribution in [0.3, 0.4) is 0 Å². The van der Waals surface area contributed by atoms with Gasteiger partial charge in [0.25, 0.3) is 0 Å². The SMILES string of the molecule is CCCNCc1ccnc(N(C)CCSC)c1F. The summed E-state index contributed by atoms with van der Waals surface area (Å²) >= 11 is 1.75. The fourth-order valence-corrected chi connectivity index (χ4v) is 2.06. The van der Waals surface area contributed by atoms with Gasteiger partial charge in [-0.2, -0.15) is 11.8 Å². The number of nitrogens with zero attached hydrogens (tertiary/aromatic N) is 2. The molecule has 0 bridgehead atoms. The third-order valence-electron chi connectivity index (χ3n) is 2.69. The quantitative estimate of drug-likeness (QED) is 0.735. The Morgan fingerprint density at radius 2 is 2.28 bits per heavy atom. The molecule has 0 saturated heterocycles. The summed E-state index contributed by atoms with van der Waals surface area (Å²) < 4.78 is 14.2. The van der Waals surface area contributed by atoms with E-state index in [-0.39, 0.29) is 5.82 Å². The highest BCUT2D eigenvalue weighted by molar-refractivity contribution is 7.98. The maximum absolute atomic E-state index is 14.2. The average Bonchev–Trinajstić information content (AvgIpc) is 2.38. The second-order valence-corrected chi connectivity index (χ2v) is 5.18. The van der Waals surface area contributed by atoms with Crippen LogP contribution in [0.5, 0.6) is 0 Å². The first-order valence-electron chi connectivity index (χ1n) is 6.24. The van der Waals surface area contributed by atoms with Gasteiger partial charge in [0.2, 0.25) is 0 Å². The van der Waals surface area contributed by atoms with Crippen LogP contribution in [0.2, 0.25) is 0 Å². The molecule has 0 radical (unpaired) electrons. The van der Waals surface area contributed by atoms with Gasteiger partial charge in [0, 0.05) is 37.7 Å². The molecule has 102 valence electrons. The van der Waals surface area contributed by atoms with Gasteiger partial charge < -0.3 is 10.2 Å². The Labute approximate surface area is 113 Å². The topological polar surface area (TPSA) is 28.2 Å². The molecule has 0 aliphatic rings. The second kappa shape index (κ2) is 8.32. The average molecular weight is 271 g/mol. The highest BCUT2D eigenvalue weighted by Crippen LogP contribution is 2.18. The third-order valence-corrected chi connectivity index (χ3v) is 3.28. The summed E-state index contributed by atoms with van der Waals surface area (Å²) in [6, 6.07) is 1.74. The standard InChI is InChI=1S/C13H22FN3S/c1-4-6-15-10-11-5-7-16-13(12(11)14)17(2)8-9-18-3/h5,7,15H,4,6,8-10H2,1-3H3. The molecule has 3 nitrogen and oxygen atoms in total. The van der Waals surface area contributed by atoms with Gasteiger partial charge in [-0.1, -0.05) is 6.92 Å². The summed E-state index contributed by atoms with van der Waals surface area (Å²) in [5.41, 5.74) is 0.685. The minimum absolute atomic E-state index is 0.204. The zero-order valence-corrected chi connectivity index (χ0v) is 12.2. The molecule has 0 unspecified atom stereocenters. The van der Waals surface area contributed by atoms with E-state index in [2.05, 4.69) is 17.2 Å². The number of hydrogen-bond acceptors (Lipinski definition) is 4. The molecule has 1 N–H and O–H groups in total. The molecule has 1 aromatic heterocycles. The first-order chi connectivity index (χ1) is 8.70. The molecule has 0 amide bonds. The van der Waals surface area contributed by atoms with E-state index >= 15 is 0 Å². The number of halogens is 1. The molecule has 1 aromatic rings. The first-order valence-corrected chi connectivity index (χ1v) is 7.64. The monoisotopic (exact) mass is 271 g/mol. The number of hydrogen-bond donors (Lipinski definition) is 1. The third kappa shape index (κ3) is 4.46. The number of thioether (sulfide) groups is 1. The van der Waals surface area contributed by atoms with Crippen molar-refractivity contribution in [2.45, 2.75) is 19.9 Å². The van der Waals surface area contributed by atoms with E-state index in [1.807, 2.05) is 18.2 Å². The summed E-state index contributed by atoms with van der Waals surface area (Å²) in [4.78, 5) is 6.00. The van der Waals surface area contributed by atoms with E-state index in [0.29, 0.717) is 17.9 Å². The molecule has 0 aliphatic carbocycles. The van der Waals surface area contributed by atoms with Gasteiger partial charge in [-0.05, 0) is 25.3 Å². The Balaban J connectivity index is 2.71. The molecule has 0 fully saturated rings. The van der Waals surface area contributed by atoms with Gasteiger partial charge in [0.1, 0.15) is 0 Å². The first kappa shape index (κ1) is 15.2. The Morgan fingerprint density at radius 1 is 1.50 bits per heavy atom. The van der Waals surface area contributed by atoms with Gasteiger partial charge in [0.15, 0.2) is 11.6 Å². The van der Waals surface area contributed by atoms with Crippen molar-refractivity contribution < 1.29 is 4.39 Å². The van der Waals surface area contributed by atoms with Crippen LogP contribution in [0.1, 0.15) is 18.9 Å². The van der Waals surface area contributed by atoms with Gasteiger partial charge in [0.05, 0.1) is 0 Å². The number of pyridine rings is 1. The van der Waals surface area contributed by atoms with Crippen molar-refractivity contribution >= 4 is 17.6 Å². The summed E-state index contributed by atoms with van der Waals surface area (Å²) in [5.74, 6) is 1.21. The Kier molecular flexibility index (Phi) is 7.05. The zero-order chi connectivity index (χ0) is 13.4. The Hall–Kier alpha value is -0.810. The minimum Gasteiger partial charge on any atom is -0.356 e. The van der Waals surface area contributed by atoms with Gasteiger partial charge in [-0.15, -0.1) is 0 Å². The maximum Gasteiger partial charge on any atom is 0.170 e. The highest BCUT2D eigenvalue weighted by Gasteiger charge is 2.12. The summed E-state index contributed by atoms with van der Waals surface area (Å²) in [7, 11) is 1.88. The Morgan fingerprint density at radius 3 is 2.94 bits per heavy atom. The van der Waals surface area contributed by atoms with Crippen LogP contribution in [0, 0.1) is 5.82 Å². The molecular formula is C13H22FN3S. The van der Waals surface area contributed by atoms with Crippen molar-refractivity contribution in [2.75, 3.05) is 37.0 Å². The van der Waals surface area contributed by atoms with Crippen LogP contribution in [0.15, 0.2) is 12.3 Å². The molecule has 18 heavy (non-hydrogen) atoms. The Bertz CT molecular complexity index is 360. The van der Waals surface area contributed by atoms with Crippen molar-refractivity contribution in [1.29, 1.82) is 0 Å². The van der Waals surface area contributed by atoms with Crippen molar-refractivity contribution in [2.24, 2.45) is 0 Å². The van der Waals surface area contributed by atoms with Gasteiger partial charge in [-0.25, -0.2) is 9.37 Å². The van der Waals surface area contributed by atoms with Gasteiger partial charge >= 0.3 is 0 Å². The zero-order valence-electron chi connectivity index (χ0n) is 11.4. The molecule has 0 spiro atoms. The number of anilines is 1. The lowest BCUT2D eigenvalue weighted by Gasteiger charge is -2.19. The van der Waals surface area contributed by atoms with Crippen molar-refractivity contribution in [3.63, 3.8) is 0 Å². The molecule has 0 aliphatic heterocycles. The van der Waals surface area contributed by atoms with Crippen LogP contribution >= 0.6 is 11.8 Å². The second-order valence-electron chi connectivity index (χ2n) is 4.20. The lowest BCUT2D eigenvalue weighted by atomic mass is 10.2. The smallest absolute Gasteiger partial charge is 0.170 e. The summed E-state index contributed by atoms with van der Waals surface area (Å²) in [5, 5.41) is 3.21. The lowest BCUT2D eigenvalue weighted by Crippen LogP contribution is -2.24. The molecule has 1 heterocycles. The number of nitrogens with one attached hydrogen (secondary N) is 1. The highest BCUT2D eigenvalue weighted by atomic mass is 32.2. The molecule has 0 saturated carbocycles. The van der Waals surface area contributed by atoms with Crippen molar-refractivity contribution in [3.8, 4) is 0 Å². The molecule has 1 rings (SSSR count). The predicted molar refractivity (Wildman–Crippen MR) is 77.8 cm³/mol. The van der Waals surface area contributed by atoms with Crippen LogP contribution in [-0.4, -0.2) is 37.1 Å². The molecular weight excluding hydrogens is 249 g/mol. The van der Waals surface area contributed by atoms with E-state index in [9.17, 15) is 4.39 Å². The predicted octanol–water partition coefficient (Wildman–Crippen LogP) is 2.52. The lowest BCUT2D eigenvalue weighted by molar-refractivity contribution is 0.578.